The van der Waals surface area contributed by atoms with E-state index in [-0.39, 0.29) is 23.6 Å². The van der Waals surface area contributed by atoms with Gasteiger partial charge in [-0.1, -0.05) is 33.1 Å². The van der Waals surface area contributed by atoms with Crippen LogP contribution in [0.25, 0.3) is 0 Å². The van der Waals surface area contributed by atoms with Crippen LogP contribution >= 0.6 is 0 Å². The predicted molar refractivity (Wildman–Crippen MR) is 112 cm³/mol. The molecule has 1 heterocycles. The van der Waals surface area contributed by atoms with Gasteiger partial charge in [0.15, 0.2) is 0 Å². The first-order valence-corrected chi connectivity index (χ1v) is 9.94. The summed E-state index contributed by atoms with van der Waals surface area (Å²) < 4.78 is 1.41. The Bertz CT molecular complexity index is 650. The van der Waals surface area contributed by atoms with Crippen molar-refractivity contribution >= 4 is 17.8 Å². The molecular formula is C20H35N5O2. The Morgan fingerprint density at radius 3 is 2.63 bits per heavy atom. The highest BCUT2D eigenvalue weighted by Gasteiger charge is 2.17. The quantitative estimate of drug-likeness (QED) is 0.606. The van der Waals surface area contributed by atoms with E-state index in [1.54, 1.807) is 19.3 Å². The molecule has 0 unspecified atom stereocenters. The van der Waals surface area contributed by atoms with Gasteiger partial charge < -0.3 is 25.5 Å². The van der Waals surface area contributed by atoms with Crippen LogP contribution in [0.15, 0.2) is 17.1 Å². The predicted octanol–water partition coefficient (Wildman–Crippen LogP) is 2.20. The normalized spacial score (nSPS) is 14.3. The third kappa shape index (κ3) is 7.17. The van der Waals surface area contributed by atoms with Crippen molar-refractivity contribution in [3.8, 4) is 0 Å². The Morgan fingerprint density at radius 1 is 1.33 bits per heavy atom. The molecule has 0 spiro atoms. The van der Waals surface area contributed by atoms with Gasteiger partial charge in [0.1, 0.15) is 0 Å². The largest absolute Gasteiger partial charge is 0.375 e. The van der Waals surface area contributed by atoms with Crippen LogP contribution in [0.2, 0.25) is 0 Å². The third-order valence-electron chi connectivity index (χ3n) is 4.87. The monoisotopic (exact) mass is 377 g/mol. The second-order valence-corrected chi connectivity index (χ2v) is 6.68. The van der Waals surface area contributed by atoms with E-state index in [1.165, 1.54) is 36.7 Å². The van der Waals surface area contributed by atoms with Crippen molar-refractivity contribution in [3.63, 3.8) is 0 Å². The summed E-state index contributed by atoms with van der Waals surface area (Å²) in [7, 11) is 3.76. The van der Waals surface area contributed by atoms with Crippen LogP contribution in [0.3, 0.4) is 0 Å². The first kappa shape index (κ1) is 22.9. The number of amides is 1. The van der Waals surface area contributed by atoms with Crippen molar-refractivity contribution in [2.75, 3.05) is 32.0 Å². The van der Waals surface area contributed by atoms with E-state index in [4.69, 9.17) is 5.41 Å². The number of nitrogens with zero attached hydrogens (tertiary/aromatic N) is 2. The number of hydrogen-bond donors (Lipinski definition) is 3. The molecule has 0 radical (unpaired) electrons. The zero-order chi connectivity index (χ0) is 20.2. The summed E-state index contributed by atoms with van der Waals surface area (Å²) in [5.41, 5.74) is 0.511. The minimum Gasteiger partial charge on any atom is -0.375 e. The minimum atomic E-state index is -0.255. The molecular weight excluding hydrogens is 342 g/mol. The molecule has 1 aliphatic carbocycles. The Labute approximate surface area is 162 Å². The minimum absolute atomic E-state index is 0.0845. The molecule has 2 rings (SSSR count). The summed E-state index contributed by atoms with van der Waals surface area (Å²) in [5.74, 6) is -0.117. The fourth-order valence-electron chi connectivity index (χ4n) is 3.26. The van der Waals surface area contributed by atoms with E-state index in [1.807, 2.05) is 13.8 Å². The number of aromatic nitrogens is 1. The molecule has 3 N–H and O–H groups in total. The molecule has 1 fully saturated rings. The summed E-state index contributed by atoms with van der Waals surface area (Å²) in [6.07, 6.45) is 9.08. The lowest BCUT2D eigenvalue weighted by atomic mass is 9.94. The fraction of sp³-hybridized carbons (Fsp3) is 0.650. The van der Waals surface area contributed by atoms with Crippen LogP contribution in [0.4, 0.5) is 5.69 Å². The SMILES string of the molecule is CC.CN(CCNC(=O)CNc1ccn(C)c(=O)c1C=N)C1CCCCC1. The first-order valence-electron chi connectivity index (χ1n) is 9.94. The van der Waals surface area contributed by atoms with Crippen molar-refractivity contribution < 1.29 is 4.79 Å². The Hall–Kier alpha value is -2.15. The average Bonchev–Trinajstić information content (AvgIpc) is 2.71. The Morgan fingerprint density at radius 2 is 2.00 bits per heavy atom. The van der Waals surface area contributed by atoms with Crippen LogP contribution in [-0.4, -0.2) is 54.3 Å². The van der Waals surface area contributed by atoms with Crippen molar-refractivity contribution in [2.45, 2.75) is 52.0 Å². The highest BCUT2D eigenvalue weighted by Crippen LogP contribution is 2.21. The van der Waals surface area contributed by atoms with Gasteiger partial charge in [0.25, 0.3) is 5.56 Å². The molecule has 0 aliphatic heterocycles. The van der Waals surface area contributed by atoms with Gasteiger partial charge in [0.2, 0.25) is 5.91 Å². The van der Waals surface area contributed by atoms with Crippen molar-refractivity contribution in [1.82, 2.24) is 14.8 Å². The van der Waals surface area contributed by atoms with E-state index in [0.29, 0.717) is 18.3 Å². The molecule has 152 valence electrons. The average molecular weight is 378 g/mol. The number of likely N-dealkylation sites (N-methyl/N-ethyl adjacent to an activating group) is 1. The molecule has 27 heavy (non-hydrogen) atoms. The van der Waals surface area contributed by atoms with Crippen LogP contribution in [0, 0.1) is 5.41 Å². The Balaban J connectivity index is 0.00000176. The Kier molecular flexibility index (Phi) is 10.4. The molecule has 1 aromatic rings. The molecule has 1 amide bonds. The highest BCUT2D eigenvalue weighted by atomic mass is 16.2. The summed E-state index contributed by atoms with van der Waals surface area (Å²) in [6, 6.07) is 2.34. The second-order valence-electron chi connectivity index (χ2n) is 6.68. The van der Waals surface area contributed by atoms with Gasteiger partial charge >= 0.3 is 0 Å². The molecule has 7 nitrogen and oxygen atoms in total. The molecule has 0 bridgehead atoms. The van der Waals surface area contributed by atoms with Gasteiger partial charge in [-0.2, -0.15) is 0 Å². The van der Waals surface area contributed by atoms with Crippen LogP contribution in [0.1, 0.15) is 51.5 Å². The topological polar surface area (TPSA) is 90.2 Å². The molecule has 0 aromatic carbocycles. The van der Waals surface area contributed by atoms with Crippen LogP contribution in [-0.2, 0) is 11.8 Å². The fourth-order valence-corrected chi connectivity index (χ4v) is 3.26. The highest BCUT2D eigenvalue weighted by molar-refractivity contribution is 5.87. The second kappa shape index (κ2) is 12.3. The molecule has 0 saturated heterocycles. The number of carbonyl (C=O) groups excluding carboxylic acids is 1. The standard InChI is InChI=1S/C18H29N5O2.C2H6/c1-22(14-6-4-3-5-7-14)11-9-20-17(24)13-21-16-8-10-23(2)18(25)15(16)12-19;1-2/h8,10,12,14,19,21H,3-7,9,11,13H2,1-2H3,(H,20,24);1-2H3. The smallest absolute Gasteiger partial charge is 0.261 e. The zero-order valence-electron chi connectivity index (χ0n) is 17.2. The van der Waals surface area contributed by atoms with Crippen LogP contribution < -0.4 is 16.2 Å². The maximum absolute atomic E-state index is 12.0. The van der Waals surface area contributed by atoms with Gasteiger partial charge in [-0.15, -0.1) is 0 Å². The van der Waals surface area contributed by atoms with E-state index in [2.05, 4.69) is 22.6 Å². The van der Waals surface area contributed by atoms with Crippen LogP contribution in [0.5, 0.6) is 0 Å². The molecule has 1 aliphatic rings. The number of carbonyl (C=O) groups is 1. The lowest BCUT2D eigenvalue weighted by Crippen LogP contribution is -2.40. The summed E-state index contributed by atoms with van der Waals surface area (Å²) >= 11 is 0. The van der Waals surface area contributed by atoms with Crippen molar-refractivity contribution in [3.05, 3.63) is 28.2 Å². The number of hydrogen-bond acceptors (Lipinski definition) is 5. The van der Waals surface area contributed by atoms with Crippen molar-refractivity contribution in [2.24, 2.45) is 7.05 Å². The van der Waals surface area contributed by atoms with E-state index >= 15 is 0 Å². The molecule has 1 saturated carbocycles. The van der Waals surface area contributed by atoms with Gasteiger partial charge in [-0.05, 0) is 26.0 Å². The molecule has 1 aromatic heterocycles. The molecule has 7 heteroatoms. The van der Waals surface area contributed by atoms with E-state index in [9.17, 15) is 9.59 Å². The van der Waals surface area contributed by atoms with Gasteiger partial charge in [-0.3, -0.25) is 9.59 Å². The lowest BCUT2D eigenvalue weighted by molar-refractivity contribution is -0.119. The van der Waals surface area contributed by atoms with E-state index < -0.39 is 0 Å². The maximum atomic E-state index is 12.0. The van der Waals surface area contributed by atoms with Gasteiger partial charge in [-0.25, -0.2) is 0 Å². The number of aryl methyl sites for hydroxylation is 1. The summed E-state index contributed by atoms with van der Waals surface area (Å²) in [4.78, 5) is 26.3. The number of anilines is 1. The lowest BCUT2D eigenvalue weighted by Gasteiger charge is -2.31. The first-order chi connectivity index (χ1) is 13.0. The summed E-state index contributed by atoms with van der Waals surface area (Å²) in [6.45, 7) is 5.54. The summed E-state index contributed by atoms with van der Waals surface area (Å²) in [5, 5.41) is 13.2. The van der Waals surface area contributed by atoms with Gasteiger partial charge in [0, 0.05) is 38.6 Å². The molecule has 0 atom stereocenters. The number of rotatable bonds is 8. The van der Waals surface area contributed by atoms with Crippen molar-refractivity contribution in [1.29, 1.82) is 5.41 Å². The number of pyridine rings is 1. The zero-order valence-corrected chi connectivity index (χ0v) is 17.2. The number of nitrogens with one attached hydrogen (secondary N) is 3. The maximum Gasteiger partial charge on any atom is 0.261 e. The third-order valence-corrected chi connectivity index (χ3v) is 4.87. The van der Waals surface area contributed by atoms with E-state index in [0.717, 1.165) is 12.8 Å². The van der Waals surface area contributed by atoms with Gasteiger partial charge in [0.05, 0.1) is 17.8 Å².